The predicted octanol–water partition coefficient (Wildman–Crippen LogP) is 2.93. The molecule has 5 nitrogen and oxygen atoms in total. The number of nitrogens with zero attached hydrogens (tertiary/aromatic N) is 2. The summed E-state index contributed by atoms with van der Waals surface area (Å²) in [6, 6.07) is 7.41. The number of carbonyl (C=O) groups is 1. The van der Waals surface area contributed by atoms with E-state index in [0.717, 1.165) is 36.6 Å². The van der Waals surface area contributed by atoms with E-state index in [4.69, 9.17) is 9.47 Å². The summed E-state index contributed by atoms with van der Waals surface area (Å²) in [5, 5.41) is 0. The van der Waals surface area contributed by atoms with E-state index in [9.17, 15) is 4.79 Å². The lowest BCUT2D eigenvalue weighted by Gasteiger charge is -2.12. The monoisotopic (exact) mass is 326 g/mol. The maximum Gasteiger partial charge on any atom is 0.187 e. The van der Waals surface area contributed by atoms with Crippen LogP contribution in [0.25, 0.3) is 0 Å². The minimum absolute atomic E-state index is 0.0518. The normalized spacial score (nSPS) is 17.0. The van der Waals surface area contributed by atoms with Gasteiger partial charge in [0.15, 0.2) is 5.78 Å². The van der Waals surface area contributed by atoms with Crippen LogP contribution in [-0.2, 0) is 11.2 Å². The second-order valence-electron chi connectivity index (χ2n) is 6.30. The Morgan fingerprint density at radius 3 is 2.92 bits per heavy atom. The first kappa shape index (κ1) is 16.6. The largest absolute Gasteiger partial charge is 0.493 e. The van der Waals surface area contributed by atoms with Crippen LogP contribution in [0.15, 0.2) is 30.5 Å². The van der Waals surface area contributed by atoms with Crippen LogP contribution in [0, 0.1) is 19.8 Å². The molecular formula is C19H22N2O3. The predicted molar refractivity (Wildman–Crippen MR) is 90.4 cm³/mol. The standard InChI is InChI=1S/C19H22N2O3/c1-13-3-4-16(20-10-13)8-19(22)18-9-17(7-14(2)21-18)24-12-15-5-6-23-11-15/h3-4,7,9-10,15H,5-6,8,11-12H2,1-2H3/t15-/m1/s1. The molecule has 0 aromatic carbocycles. The third-order valence-electron chi connectivity index (χ3n) is 4.04. The molecule has 1 aliphatic heterocycles. The van der Waals surface area contributed by atoms with Crippen molar-refractivity contribution in [1.29, 1.82) is 0 Å². The Hall–Kier alpha value is -2.27. The van der Waals surface area contributed by atoms with E-state index in [0.29, 0.717) is 24.0 Å². The summed E-state index contributed by atoms with van der Waals surface area (Å²) in [4.78, 5) is 21.1. The highest BCUT2D eigenvalue weighted by Crippen LogP contribution is 2.19. The van der Waals surface area contributed by atoms with Crippen LogP contribution < -0.4 is 4.74 Å². The number of ketones is 1. The van der Waals surface area contributed by atoms with Crippen molar-refractivity contribution in [3.63, 3.8) is 0 Å². The van der Waals surface area contributed by atoms with Crippen molar-refractivity contribution in [2.75, 3.05) is 19.8 Å². The molecule has 0 aliphatic carbocycles. The Morgan fingerprint density at radius 2 is 2.21 bits per heavy atom. The van der Waals surface area contributed by atoms with E-state index in [1.165, 1.54) is 0 Å². The Bertz CT molecular complexity index is 707. The molecule has 1 saturated heterocycles. The van der Waals surface area contributed by atoms with E-state index in [-0.39, 0.29) is 12.2 Å². The van der Waals surface area contributed by atoms with Gasteiger partial charge in [0.05, 0.1) is 19.6 Å². The number of hydrogen-bond donors (Lipinski definition) is 0. The molecule has 0 bridgehead atoms. The smallest absolute Gasteiger partial charge is 0.187 e. The summed E-state index contributed by atoms with van der Waals surface area (Å²) in [5.74, 6) is 1.06. The zero-order chi connectivity index (χ0) is 16.9. The molecule has 2 aromatic rings. The van der Waals surface area contributed by atoms with Gasteiger partial charge in [-0.3, -0.25) is 9.78 Å². The number of hydrogen-bond acceptors (Lipinski definition) is 5. The van der Waals surface area contributed by atoms with Gasteiger partial charge in [-0.15, -0.1) is 0 Å². The number of ether oxygens (including phenoxy) is 2. The van der Waals surface area contributed by atoms with Crippen LogP contribution in [0.4, 0.5) is 0 Å². The summed E-state index contributed by atoms with van der Waals surface area (Å²) in [7, 11) is 0. The van der Waals surface area contributed by atoms with Crippen LogP contribution in [0.1, 0.15) is 33.9 Å². The second kappa shape index (κ2) is 7.53. The number of carbonyl (C=O) groups excluding carboxylic acids is 1. The average molecular weight is 326 g/mol. The van der Waals surface area contributed by atoms with Crippen molar-refractivity contribution in [2.45, 2.75) is 26.7 Å². The zero-order valence-electron chi connectivity index (χ0n) is 14.1. The molecule has 0 N–H and O–H groups in total. The number of rotatable bonds is 6. The average Bonchev–Trinajstić information content (AvgIpc) is 3.08. The van der Waals surface area contributed by atoms with E-state index < -0.39 is 0 Å². The zero-order valence-corrected chi connectivity index (χ0v) is 14.1. The molecule has 2 aromatic heterocycles. The third kappa shape index (κ3) is 4.38. The summed E-state index contributed by atoms with van der Waals surface area (Å²) in [6.45, 7) is 5.99. The molecule has 24 heavy (non-hydrogen) atoms. The summed E-state index contributed by atoms with van der Waals surface area (Å²) >= 11 is 0. The first-order valence-electron chi connectivity index (χ1n) is 8.24. The second-order valence-corrected chi connectivity index (χ2v) is 6.30. The quantitative estimate of drug-likeness (QED) is 0.764. The number of aromatic nitrogens is 2. The maximum absolute atomic E-state index is 12.5. The molecule has 3 rings (SSSR count). The number of pyridine rings is 2. The van der Waals surface area contributed by atoms with Crippen molar-refractivity contribution < 1.29 is 14.3 Å². The summed E-state index contributed by atoms with van der Waals surface area (Å²) in [6.07, 6.45) is 3.03. The van der Waals surface area contributed by atoms with Crippen molar-refractivity contribution >= 4 is 5.78 Å². The van der Waals surface area contributed by atoms with Gasteiger partial charge in [0.2, 0.25) is 0 Å². The van der Waals surface area contributed by atoms with E-state index in [1.807, 2.05) is 32.0 Å². The molecule has 0 saturated carbocycles. The molecule has 0 amide bonds. The highest BCUT2D eigenvalue weighted by atomic mass is 16.5. The lowest BCUT2D eigenvalue weighted by molar-refractivity contribution is 0.0986. The summed E-state index contributed by atoms with van der Waals surface area (Å²) in [5.41, 5.74) is 3.02. The van der Waals surface area contributed by atoms with Crippen molar-refractivity contribution in [3.8, 4) is 5.75 Å². The minimum Gasteiger partial charge on any atom is -0.493 e. The molecule has 3 heterocycles. The molecule has 1 atom stereocenters. The number of aryl methyl sites for hydroxylation is 2. The fourth-order valence-electron chi connectivity index (χ4n) is 2.65. The van der Waals surface area contributed by atoms with Gasteiger partial charge in [-0.2, -0.15) is 0 Å². The molecule has 5 heteroatoms. The van der Waals surface area contributed by atoms with Crippen LogP contribution in [-0.4, -0.2) is 35.6 Å². The topological polar surface area (TPSA) is 61.3 Å². The van der Waals surface area contributed by atoms with Crippen LogP contribution in [0.3, 0.4) is 0 Å². The SMILES string of the molecule is Cc1ccc(CC(=O)c2cc(OC[C@@H]3CCOC3)cc(C)n2)nc1. The Labute approximate surface area is 142 Å². The number of Topliss-reactive ketones (excluding diaryl/α,β-unsaturated/α-hetero) is 1. The fourth-order valence-corrected chi connectivity index (χ4v) is 2.65. The molecule has 0 spiro atoms. The highest BCUT2D eigenvalue weighted by molar-refractivity contribution is 5.95. The lowest BCUT2D eigenvalue weighted by Crippen LogP contribution is -2.13. The van der Waals surface area contributed by atoms with Crippen LogP contribution in [0.5, 0.6) is 5.75 Å². The van der Waals surface area contributed by atoms with Gasteiger partial charge in [-0.1, -0.05) is 6.07 Å². The Kier molecular flexibility index (Phi) is 5.20. The first-order valence-corrected chi connectivity index (χ1v) is 8.24. The molecule has 0 unspecified atom stereocenters. The van der Waals surface area contributed by atoms with Gasteiger partial charge in [0.1, 0.15) is 11.4 Å². The molecule has 1 fully saturated rings. The van der Waals surface area contributed by atoms with Gasteiger partial charge in [0, 0.05) is 42.2 Å². The Balaban J connectivity index is 1.67. The van der Waals surface area contributed by atoms with Gasteiger partial charge in [0.25, 0.3) is 0 Å². The van der Waals surface area contributed by atoms with Crippen molar-refractivity contribution in [3.05, 3.63) is 53.1 Å². The van der Waals surface area contributed by atoms with Crippen molar-refractivity contribution in [2.24, 2.45) is 5.92 Å². The van der Waals surface area contributed by atoms with Crippen LogP contribution in [0.2, 0.25) is 0 Å². The molecule has 0 radical (unpaired) electrons. The van der Waals surface area contributed by atoms with E-state index in [1.54, 1.807) is 12.3 Å². The van der Waals surface area contributed by atoms with E-state index in [2.05, 4.69) is 9.97 Å². The van der Waals surface area contributed by atoms with Crippen LogP contribution >= 0.6 is 0 Å². The van der Waals surface area contributed by atoms with E-state index >= 15 is 0 Å². The first-order chi connectivity index (χ1) is 11.6. The summed E-state index contributed by atoms with van der Waals surface area (Å²) < 4.78 is 11.2. The molecule has 1 aliphatic rings. The fraction of sp³-hybridized carbons (Fsp3) is 0.421. The lowest BCUT2D eigenvalue weighted by atomic mass is 10.1. The maximum atomic E-state index is 12.5. The Morgan fingerprint density at radius 1 is 1.33 bits per heavy atom. The third-order valence-corrected chi connectivity index (χ3v) is 4.04. The van der Waals surface area contributed by atoms with Gasteiger partial charge >= 0.3 is 0 Å². The van der Waals surface area contributed by atoms with Crippen molar-refractivity contribution in [1.82, 2.24) is 9.97 Å². The minimum atomic E-state index is -0.0518. The van der Waals surface area contributed by atoms with Gasteiger partial charge in [-0.05, 0) is 31.9 Å². The molecular weight excluding hydrogens is 304 g/mol. The van der Waals surface area contributed by atoms with Gasteiger partial charge < -0.3 is 9.47 Å². The van der Waals surface area contributed by atoms with Gasteiger partial charge in [-0.25, -0.2) is 4.98 Å². The highest BCUT2D eigenvalue weighted by Gasteiger charge is 2.17. The molecule has 126 valence electrons.